The molecule has 0 amide bonds. The number of hydrogen-bond donors (Lipinski definition) is 1. The summed E-state index contributed by atoms with van der Waals surface area (Å²) >= 11 is 0. The van der Waals surface area contributed by atoms with Crippen molar-refractivity contribution >= 4 is 0 Å². The summed E-state index contributed by atoms with van der Waals surface area (Å²) in [4.78, 5) is 0. The Bertz CT molecular complexity index is 121. The van der Waals surface area contributed by atoms with Crippen LogP contribution in [0.1, 0.15) is 26.7 Å². The van der Waals surface area contributed by atoms with Crippen molar-refractivity contribution in [1.82, 2.24) is 0 Å². The minimum atomic E-state index is 0.255. The van der Waals surface area contributed by atoms with E-state index in [-0.39, 0.29) is 6.04 Å². The molecule has 1 unspecified atom stereocenters. The maximum atomic E-state index is 5.64. The summed E-state index contributed by atoms with van der Waals surface area (Å²) < 4.78 is 0. The Kier molecular flexibility index (Phi) is 1.91. The van der Waals surface area contributed by atoms with Crippen LogP contribution in [0.4, 0.5) is 0 Å². The van der Waals surface area contributed by atoms with Crippen LogP contribution >= 0.6 is 0 Å². The molecule has 0 bridgehead atoms. The Morgan fingerprint density at radius 3 is 2.56 bits per heavy atom. The highest BCUT2D eigenvalue weighted by molar-refractivity contribution is 5.10. The van der Waals surface area contributed by atoms with E-state index in [9.17, 15) is 0 Å². The molecule has 1 saturated carbocycles. The van der Waals surface area contributed by atoms with Crippen LogP contribution in [-0.2, 0) is 0 Å². The molecule has 0 saturated heterocycles. The maximum absolute atomic E-state index is 5.64. The molecule has 1 atom stereocenters. The summed E-state index contributed by atoms with van der Waals surface area (Å²) in [7, 11) is 0. The summed E-state index contributed by atoms with van der Waals surface area (Å²) in [6.07, 6.45) is 5.07. The van der Waals surface area contributed by atoms with Crippen LogP contribution < -0.4 is 5.73 Å². The minimum absolute atomic E-state index is 0.255. The van der Waals surface area contributed by atoms with Gasteiger partial charge in [0.15, 0.2) is 0 Å². The van der Waals surface area contributed by atoms with Gasteiger partial charge < -0.3 is 5.73 Å². The minimum Gasteiger partial charge on any atom is -0.324 e. The van der Waals surface area contributed by atoms with Gasteiger partial charge >= 0.3 is 0 Å². The summed E-state index contributed by atoms with van der Waals surface area (Å²) in [6, 6.07) is 0.255. The Labute approximate surface area is 56.9 Å². The largest absolute Gasteiger partial charge is 0.324 e. The molecule has 0 heterocycles. The maximum Gasteiger partial charge on any atom is 0.0222 e. The van der Waals surface area contributed by atoms with Gasteiger partial charge in [0.1, 0.15) is 0 Å². The summed E-state index contributed by atoms with van der Waals surface area (Å²) in [6.45, 7) is 4.15. The van der Waals surface area contributed by atoms with Crippen molar-refractivity contribution < 1.29 is 0 Å². The van der Waals surface area contributed by atoms with Gasteiger partial charge in [-0.3, -0.25) is 0 Å². The van der Waals surface area contributed by atoms with Gasteiger partial charge in [-0.2, -0.15) is 0 Å². The first kappa shape index (κ1) is 6.81. The lowest BCUT2D eigenvalue weighted by atomic mass is 10.1. The van der Waals surface area contributed by atoms with Crippen molar-refractivity contribution in [3.8, 4) is 0 Å². The van der Waals surface area contributed by atoms with E-state index >= 15 is 0 Å². The second-order valence-corrected chi connectivity index (χ2v) is 3.04. The third kappa shape index (κ3) is 2.19. The number of rotatable bonds is 2. The quantitative estimate of drug-likeness (QED) is 0.558. The lowest BCUT2D eigenvalue weighted by Crippen LogP contribution is -2.15. The van der Waals surface area contributed by atoms with Crippen molar-refractivity contribution in [2.75, 3.05) is 0 Å². The van der Waals surface area contributed by atoms with Crippen molar-refractivity contribution in [2.45, 2.75) is 32.7 Å². The molecule has 1 nitrogen and oxygen atoms in total. The first-order valence-electron chi connectivity index (χ1n) is 3.64. The predicted octanol–water partition coefficient (Wildman–Crippen LogP) is 1.69. The summed E-state index contributed by atoms with van der Waals surface area (Å²) in [5.74, 6) is 0.871. The normalized spacial score (nSPS) is 24.1. The van der Waals surface area contributed by atoms with Gasteiger partial charge in [-0.1, -0.05) is 11.6 Å². The van der Waals surface area contributed by atoms with Crippen molar-refractivity contribution in [3.05, 3.63) is 11.6 Å². The molecular formula is C8H15N. The Morgan fingerprint density at radius 1 is 1.67 bits per heavy atom. The van der Waals surface area contributed by atoms with Gasteiger partial charge in [-0.15, -0.1) is 0 Å². The lowest BCUT2D eigenvalue weighted by molar-refractivity contribution is 0.845. The fourth-order valence-electron chi connectivity index (χ4n) is 0.786. The van der Waals surface area contributed by atoms with Crippen LogP contribution in [0.15, 0.2) is 11.6 Å². The van der Waals surface area contributed by atoms with Gasteiger partial charge in [0.25, 0.3) is 0 Å². The molecule has 0 aromatic rings. The molecule has 1 aliphatic rings. The van der Waals surface area contributed by atoms with Gasteiger partial charge in [0.05, 0.1) is 0 Å². The van der Waals surface area contributed by atoms with Crippen LogP contribution in [0, 0.1) is 5.92 Å². The first-order valence-corrected chi connectivity index (χ1v) is 3.64. The molecule has 0 spiro atoms. The molecule has 0 aliphatic heterocycles. The van der Waals surface area contributed by atoms with E-state index < -0.39 is 0 Å². The molecule has 1 rings (SSSR count). The van der Waals surface area contributed by atoms with Gasteiger partial charge in [0, 0.05) is 6.04 Å². The van der Waals surface area contributed by atoms with Crippen LogP contribution in [0.3, 0.4) is 0 Å². The molecule has 0 aromatic heterocycles. The highest BCUT2D eigenvalue weighted by atomic mass is 14.6. The Morgan fingerprint density at radius 2 is 2.22 bits per heavy atom. The van der Waals surface area contributed by atoms with Crippen LogP contribution in [0.5, 0.6) is 0 Å². The number of nitrogens with two attached hydrogens (primary N) is 1. The van der Waals surface area contributed by atoms with E-state index in [2.05, 4.69) is 13.0 Å². The smallest absolute Gasteiger partial charge is 0.0222 e. The van der Waals surface area contributed by atoms with Crippen LogP contribution in [-0.4, -0.2) is 6.04 Å². The zero-order chi connectivity index (χ0) is 6.85. The second kappa shape index (κ2) is 2.53. The fraction of sp³-hybridized carbons (Fsp3) is 0.750. The monoisotopic (exact) mass is 125 g/mol. The Balaban J connectivity index is 2.37. The predicted molar refractivity (Wildman–Crippen MR) is 40.1 cm³/mol. The SMILES string of the molecule is CC(=CC1CC1)C(C)N. The van der Waals surface area contributed by atoms with E-state index in [0.717, 1.165) is 5.92 Å². The van der Waals surface area contributed by atoms with Gasteiger partial charge in [0.2, 0.25) is 0 Å². The van der Waals surface area contributed by atoms with Crippen LogP contribution in [0.25, 0.3) is 0 Å². The molecule has 0 aromatic carbocycles. The molecule has 0 radical (unpaired) electrons. The number of hydrogen-bond acceptors (Lipinski definition) is 1. The third-order valence-electron chi connectivity index (χ3n) is 1.84. The Hall–Kier alpha value is -0.300. The molecule has 52 valence electrons. The van der Waals surface area contributed by atoms with E-state index in [1.807, 2.05) is 6.92 Å². The second-order valence-electron chi connectivity index (χ2n) is 3.04. The van der Waals surface area contributed by atoms with Crippen molar-refractivity contribution in [3.63, 3.8) is 0 Å². The van der Waals surface area contributed by atoms with Crippen molar-refractivity contribution in [2.24, 2.45) is 11.7 Å². The topological polar surface area (TPSA) is 26.0 Å². The standard InChI is InChI=1S/C8H15N/c1-6(7(2)9)5-8-3-4-8/h5,7-8H,3-4,9H2,1-2H3. The third-order valence-corrected chi connectivity index (χ3v) is 1.84. The molecule has 2 N–H and O–H groups in total. The zero-order valence-corrected chi connectivity index (χ0v) is 6.22. The average molecular weight is 125 g/mol. The van der Waals surface area contributed by atoms with E-state index in [0.29, 0.717) is 0 Å². The summed E-state index contributed by atoms with van der Waals surface area (Å²) in [5, 5.41) is 0. The lowest BCUT2D eigenvalue weighted by Gasteiger charge is -2.03. The highest BCUT2D eigenvalue weighted by Gasteiger charge is 2.18. The first-order chi connectivity index (χ1) is 4.20. The molecular weight excluding hydrogens is 110 g/mol. The summed E-state index contributed by atoms with van der Waals surface area (Å²) in [5.41, 5.74) is 6.99. The molecule has 9 heavy (non-hydrogen) atoms. The average Bonchev–Trinajstić information content (AvgIpc) is 2.50. The molecule has 1 heteroatoms. The van der Waals surface area contributed by atoms with Crippen LogP contribution in [0.2, 0.25) is 0 Å². The molecule has 1 fully saturated rings. The van der Waals surface area contributed by atoms with E-state index in [1.165, 1.54) is 18.4 Å². The fourth-order valence-corrected chi connectivity index (χ4v) is 0.786. The number of allylic oxidation sites excluding steroid dienone is 1. The zero-order valence-electron chi connectivity index (χ0n) is 6.22. The van der Waals surface area contributed by atoms with Gasteiger partial charge in [-0.05, 0) is 32.6 Å². The van der Waals surface area contributed by atoms with E-state index in [4.69, 9.17) is 5.73 Å². The van der Waals surface area contributed by atoms with Crippen molar-refractivity contribution in [1.29, 1.82) is 0 Å². The van der Waals surface area contributed by atoms with Gasteiger partial charge in [-0.25, -0.2) is 0 Å². The van der Waals surface area contributed by atoms with E-state index in [1.54, 1.807) is 0 Å². The highest BCUT2D eigenvalue weighted by Crippen LogP contribution is 2.31. The molecule has 1 aliphatic carbocycles.